The maximum atomic E-state index is 12.9. The van der Waals surface area contributed by atoms with Crippen molar-refractivity contribution in [1.82, 2.24) is 9.66 Å². The van der Waals surface area contributed by atoms with E-state index < -0.39 is 0 Å². The first-order valence-corrected chi connectivity index (χ1v) is 8.21. The standard InChI is InChI=1S/C20H16N4O2/c1-13-21-17-11-7-6-10-16(17)19(25)23(13)24-14(2)22-18(20(24)26)12-15-8-4-3-5-9-15/h3-12H,1-2H3/b18-12-. The lowest BCUT2D eigenvalue weighted by Gasteiger charge is -2.20. The summed E-state index contributed by atoms with van der Waals surface area (Å²) in [6.07, 6.45) is 1.71. The van der Waals surface area contributed by atoms with E-state index in [2.05, 4.69) is 9.98 Å². The molecule has 0 unspecified atom stereocenters. The Morgan fingerprint density at radius 3 is 2.38 bits per heavy atom. The molecular formula is C20H16N4O2. The van der Waals surface area contributed by atoms with Crippen LogP contribution in [0.15, 0.2) is 70.1 Å². The summed E-state index contributed by atoms with van der Waals surface area (Å²) in [5.41, 5.74) is 1.47. The van der Waals surface area contributed by atoms with Crippen molar-refractivity contribution >= 4 is 28.7 Å². The Morgan fingerprint density at radius 1 is 0.923 bits per heavy atom. The summed E-state index contributed by atoms with van der Waals surface area (Å²) in [7, 11) is 0. The second-order valence-electron chi connectivity index (χ2n) is 6.01. The second-order valence-corrected chi connectivity index (χ2v) is 6.01. The summed E-state index contributed by atoms with van der Waals surface area (Å²) < 4.78 is 1.29. The number of hydrogen-bond acceptors (Lipinski definition) is 4. The van der Waals surface area contributed by atoms with E-state index in [9.17, 15) is 9.59 Å². The molecule has 2 heterocycles. The zero-order chi connectivity index (χ0) is 18.3. The first-order valence-electron chi connectivity index (χ1n) is 8.21. The highest BCUT2D eigenvalue weighted by Gasteiger charge is 2.31. The topological polar surface area (TPSA) is 67.6 Å². The fourth-order valence-electron chi connectivity index (χ4n) is 3.03. The molecule has 1 aliphatic rings. The van der Waals surface area contributed by atoms with Gasteiger partial charge in [-0.1, -0.05) is 42.5 Å². The lowest BCUT2D eigenvalue weighted by molar-refractivity contribution is -0.115. The van der Waals surface area contributed by atoms with Gasteiger partial charge < -0.3 is 0 Å². The first kappa shape index (κ1) is 16.0. The van der Waals surface area contributed by atoms with Gasteiger partial charge in [-0.05, 0) is 37.6 Å². The summed E-state index contributed by atoms with van der Waals surface area (Å²) >= 11 is 0. The average Bonchev–Trinajstić information content (AvgIpc) is 2.90. The summed E-state index contributed by atoms with van der Waals surface area (Å²) in [4.78, 5) is 34.7. The Labute approximate surface area is 149 Å². The molecule has 0 aliphatic carbocycles. The van der Waals surface area contributed by atoms with Gasteiger partial charge in [-0.3, -0.25) is 9.59 Å². The Balaban J connectivity index is 1.84. The van der Waals surface area contributed by atoms with E-state index in [1.807, 2.05) is 36.4 Å². The normalized spacial score (nSPS) is 15.8. The van der Waals surface area contributed by atoms with Crippen LogP contribution in [0.5, 0.6) is 0 Å². The molecular weight excluding hydrogens is 328 g/mol. The van der Waals surface area contributed by atoms with Crippen LogP contribution in [-0.2, 0) is 4.79 Å². The maximum Gasteiger partial charge on any atom is 0.297 e. The molecule has 1 amide bonds. The molecule has 0 saturated carbocycles. The number of hydrogen-bond donors (Lipinski definition) is 0. The van der Waals surface area contributed by atoms with E-state index in [1.165, 1.54) is 9.69 Å². The van der Waals surface area contributed by atoms with Crippen molar-refractivity contribution in [3.05, 3.63) is 82.0 Å². The van der Waals surface area contributed by atoms with E-state index in [0.29, 0.717) is 22.6 Å². The van der Waals surface area contributed by atoms with Gasteiger partial charge >= 0.3 is 0 Å². The number of para-hydroxylation sites is 1. The van der Waals surface area contributed by atoms with Gasteiger partial charge in [0, 0.05) is 0 Å². The molecule has 0 spiro atoms. The first-order chi connectivity index (χ1) is 12.6. The highest BCUT2D eigenvalue weighted by molar-refractivity contribution is 6.23. The quantitative estimate of drug-likeness (QED) is 0.671. The zero-order valence-electron chi connectivity index (χ0n) is 14.4. The molecule has 1 aromatic heterocycles. The highest BCUT2D eigenvalue weighted by atomic mass is 16.2. The predicted octanol–water partition coefficient (Wildman–Crippen LogP) is 2.64. The monoisotopic (exact) mass is 344 g/mol. The van der Waals surface area contributed by atoms with E-state index in [4.69, 9.17) is 0 Å². The smallest absolute Gasteiger partial charge is 0.267 e. The number of amides is 1. The van der Waals surface area contributed by atoms with Crippen LogP contribution in [-0.4, -0.2) is 21.4 Å². The van der Waals surface area contributed by atoms with Gasteiger partial charge in [0.2, 0.25) is 0 Å². The van der Waals surface area contributed by atoms with Gasteiger partial charge in [-0.2, -0.15) is 9.69 Å². The number of carbonyl (C=O) groups is 1. The number of nitrogens with zero attached hydrogens (tertiary/aromatic N) is 4. The highest BCUT2D eigenvalue weighted by Crippen LogP contribution is 2.18. The van der Waals surface area contributed by atoms with Gasteiger partial charge in [0.25, 0.3) is 11.5 Å². The number of aryl methyl sites for hydroxylation is 1. The van der Waals surface area contributed by atoms with E-state index >= 15 is 0 Å². The minimum atomic E-state index is -0.353. The Bertz CT molecular complexity index is 1140. The van der Waals surface area contributed by atoms with Crippen molar-refractivity contribution in [3.63, 3.8) is 0 Å². The van der Waals surface area contributed by atoms with Crippen LogP contribution in [0.4, 0.5) is 0 Å². The number of fused-ring (bicyclic) bond motifs is 1. The Morgan fingerprint density at radius 2 is 1.62 bits per heavy atom. The van der Waals surface area contributed by atoms with Crippen LogP contribution in [0.1, 0.15) is 18.3 Å². The fraction of sp³-hybridized carbons (Fsp3) is 0.100. The van der Waals surface area contributed by atoms with Crippen molar-refractivity contribution in [3.8, 4) is 0 Å². The van der Waals surface area contributed by atoms with Gasteiger partial charge in [-0.15, -0.1) is 0 Å². The SMILES string of the molecule is CC1=N/C(=C\c2ccccc2)C(=O)N1n1c(C)nc2ccccc2c1=O. The number of rotatable bonds is 2. The molecule has 3 aromatic rings. The van der Waals surface area contributed by atoms with Crippen LogP contribution in [0, 0.1) is 6.92 Å². The summed E-state index contributed by atoms with van der Waals surface area (Å²) in [5, 5.41) is 1.74. The minimum Gasteiger partial charge on any atom is -0.267 e. The zero-order valence-corrected chi connectivity index (χ0v) is 14.4. The van der Waals surface area contributed by atoms with Gasteiger partial charge in [0.15, 0.2) is 0 Å². The van der Waals surface area contributed by atoms with E-state index in [0.717, 1.165) is 5.56 Å². The number of amidine groups is 1. The third kappa shape index (κ3) is 2.52. The number of aromatic nitrogens is 2. The lowest BCUT2D eigenvalue weighted by Crippen LogP contribution is -2.48. The average molecular weight is 344 g/mol. The number of benzene rings is 2. The van der Waals surface area contributed by atoms with Gasteiger partial charge in [0.1, 0.15) is 17.4 Å². The molecule has 128 valence electrons. The van der Waals surface area contributed by atoms with Gasteiger partial charge in [-0.25, -0.2) is 9.98 Å². The molecule has 4 rings (SSSR count). The summed E-state index contributed by atoms with van der Waals surface area (Å²) in [6, 6.07) is 16.6. The molecule has 2 aromatic carbocycles. The Kier molecular flexibility index (Phi) is 3.73. The van der Waals surface area contributed by atoms with Crippen LogP contribution in [0.25, 0.3) is 17.0 Å². The Hall–Kier alpha value is -3.54. The number of aliphatic imine (C=N–C) groups is 1. The largest absolute Gasteiger partial charge is 0.297 e. The fourth-order valence-corrected chi connectivity index (χ4v) is 3.03. The number of carbonyl (C=O) groups excluding carboxylic acids is 1. The summed E-state index contributed by atoms with van der Waals surface area (Å²) in [6.45, 7) is 3.40. The molecule has 6 heteroatoms. The molecule has 0 bridgehead atoms. The molecule has 6 nitrogen and oxygen atoms in total. The van der Waals surface area contributed by atoms with Gasteiger partial charge in [0.05, 0.1) is 10.9 Å². The third-order valence-electron chi connectivity index (χ3n) is 4.22. The minimum absolute atomic E-state index is 0.285. The van der Waals surface area contributed by atoms with Crippen molar-refractivity contribution in [2.75, 3.05) is 5.01 Å². The predicted molar refractivity (Wildman–Crippen MR) is 101 cm³/mol. The maximum absolute atomic E-state index is 12.9. The third-order valence-corrected chi connectivity index (χ3v) is 4.22. The second kappa shape index (κ2) is 6.07. The van der Waals surface area contributed by atoms with Crippen molar-refractivity contribution in [1.29, 1.82) is 0 Å². The molecule has 0 N–H and O–H groups in total. The lowest BCUT2D eigenvalue weighted by atomic mass is 10.2. The molecule has 0 radical (unpaired) electrons. The molecule has 0 fully saturated rings. The van der Waals surface area contributed by atoms with Crippen molar-refractivity contribution in [2.24, 2.45) is 4.99 Å². The van der Waals surface area contributed by atoms with E-state index in [-0.39, 0.29) is 17.2 Å². The van der Waals surface area contributed by atoms with Crippen LogP contribution in [0.3, 0.4) is 0 Å². The molecule has 26 heavy (non-hydrogen) atoms. The molecule has 1 aliphatic heterocycles. The van der Waals surface area contributed by atoms with Crippen LogP contribution < -0.4 is 10.6 Å². The van der Waals surface area contributed by atoms with Crippen molar-refractivity contribution in [2.45, 2.75) is 13.8 Å². The molecule has 0 atom stereocenters. The van der Waals surface area contributed by atoms with Crippen LogP contribution in [0.2, 0.25) is 0 Å². The molecule has 0 saturated heterocycles. The van der Waals surface area contributed by atoms with Crippen molar-refractivity contribution < 1.29 is 4.79 Å². The van der Waals surface area contributed by atoms with Crippen LogP contribution >= 0.6 is 0 Å². The summed E-state index contributed by atoms with van der Waals surface area (Å²) in [5.74, 6) is 0.505. The van der Waals surface area contributed by atoms with E-state index in [1.54, 1.807) is 38.1 Å².